The topological polar surface area (TPSA) is 160 Å². The van der Waals surface area contributed by atoms with Crippen molar-refractivity contribution in [3.05, 3.63) is 50.4 Å². The second kappa shape index (κ2) is 7.46. The van der Waals surface area contributed by atoms with Gasteiger partial charge >= 0.3 is 0 Å². The summed E-state index contributed by atoms with van der Waals surface area (Å²) in [5.74, 6) is -1.96. The van der Waals surface area contributed by atoms with Crippen molar-refractivity contribution < 1.29 is 44.9 Å². The molecule has 1 saturated heterocycles. The number of ether oxygens (including phenoxy) is 2. The molecule has 0 unspecified atom stereocenters. The third-order valence-electron chi connectivity index (χ3n) is 8.19. The van der Waals surface area contributed by atoms with Crippen molar-refractivity contribution in [2.75, 3.05) is 14.1 Å². The molecule has 0 amide bonds. The van der Waals surface area contributed by atoms with Gasteiger partial charge in [-0.3, -0.25) is 4.79 Å². The van der Waals surface area contributed by atoms with Crippen LogP contribution in [-0.4, -0.2) is 85.6 Å². The van der Waals surface area contributed by atoms with Crippen molar-refractivity contribution in [2.45, 2.75) is 62.4 Å². The van der Waals surface area contributed by atoms with Crippen molar-refractivity contribution in [1.82, 2.24) is 4.90 Å². The standard InChI is InChI=1S/C27H29NO9/c1-26(35)6-5-11-10(9-26)7-12-15(19(11)30)21(32)16-14(29)8-13-23(17(16)20(12)31)36-25-22(33)18(28(3)4)24(34)27(13,2)37-25/h5,7-8,18,22,24-25,29-31,33-35H,6,9H2,1-4H3/t18-,22-,24+,25+,26-,27+/m0/s1. The summed E-state index contributed by atoms with van der Waals surface area (Å²) in [6.45, 7) is 3.25. The summed E-state index contributed by atoms with van der Waals surface area (Å²) in [4.78, 5) is 15.3. The molecule has 0 aromatic heterocycles. The Morgan fingerprint density at radius 2 is 1.76 bits per heavy atom. The fraction of sp³-hybridized carbons (Fsp3) is 0.444. The highest BCUT2D eigenvalue weighted by Gasteiger charge is 2.58. The third-order valence-corrected chi connectivity index (χ3v) is 8.19. The zero-order valence-electron chi connectivity index (χ0n) is 20.8. The largest absolute Gasteiger partial charge is 0.507 e. The van der Waals surface area contributed by atoms with Crippen LogP contribution in [0.2, 0.25) is 0 Å². The van der Waals surface area contributed by atoms with Gasteiger partial charge in [-0.15, -0.1) is 0 Å². The maximum atomic E-state index is 13.7. The summed E-state index contributed by atoms with van der Waals surface area (Å²) in [5.41, 5.74) is -2.29. The Bertz CT molecular complexity index is 1510. The van der Waals surface area contributed by atoms with E-state index in [1.165, 1.54) is 6.07 Å². The zero-order chi connectivity index (χ0) is 26.8. The molecule has 2 aliphatic heterocycles. The molecule has 196 valence electrons. The van der Waals surface area contributed by atoms with Crippen LogP contribution >= 0.6 is 0 Å². The summed E-state index contributed by atoms with van der Waals surface area (Å²) in [6.07, 6.45) is -1.63. The number of fused-ring (bicyclic) bond motifs is 8. The van der Waals surface area contributed by atoms with Gasteiger partial charge in [0.2, 0.25) is 12.1 Å². The van der Waals surface area contributed by atoms with Crippen LogP contribution in [0.4, 0.5) is 0 Å². The number of aromatic hydroxyl groups is 2. The van der Waals surface area contributed by atoms with Crippen LogP contribution in [-0.2, 0) is 16.8 Å². The molecule has 37 heavy (non-hydrogen) atoms. The SMILES string of the molecule is CN(C)[C@H]1[C@H](O)[C@@H]2Oc3c(cc(O)c4c3C(O)=c3cc5c(c(O)c3C4=O)=CC[C@](C)(O)C5)[C@@](C)(O2)[C@@H]1O. The van der Waals surface area contributed by atoms with Gasteiger partial charge in [0.05, 0.1) is 28.3 Å². The number of phenolic OH excluding ortho intramolecular Hbond substituents is 2. The Labute approximate surface area is 211 Å². The molecule has 2 aromatic rings. The van der Waals surface area contributed by atoms with Gasteiger partial charge in [-0.1, -0.05) is 6.08 Å². The highest BCUT2D eigenvalue weighted by atomic mass is 16.7. The van der Waals surface area contributed by atoms with Gasteiger partial charge < -0.3 is 45.0 Å². The Balaban J connectivity index is 1.66. The summed E-state index contributed by atoms with van der Waals surface area (Å²) in [7, 11) is 3.40. The molecule has 6 atom stereocenters. The zero-order valence-corrected chi connectivity index (χ0v) is 20.8. The van der Waals surface area contributed by atoms with E-state index in [0.29, 0.717) is 10.8 Å². The van der Waals surface area contributed by atoms with Crippen molar-refractivity contribution in [1.29, 1.82) is 0 Å². The lowest BCUT2D eigenvalue weighted by Crippen LogP contribution is -2.68. The quantitative estimate of drug-likeness (QED) is 0.293. The predicted molar refractivity (Wildman–Crippen MR) is 130 cm³/mol. The molecule has 4 aliphatic rings. The molecule has 6 rings (SSSR count). The second-order valence-electron chi connectivity index (χ2n) is 11.1. The maximum Gasteiger partial charge on any atom is 0.228 e. The van der Waals surface area contributed by atoms with E-state index in [2.05, 4.69) is 0 Å². The van der Waals surface area contributed by atoms with Gasteiger partial charge in [-0.2, -0.15) is 0 Å². The van der Waals surface area contributed by atoms with E-state index in [0.717, 1.165) is 0 Å². The van der Waals surface area contributed by atoms with E-state index < -0.39 is 53.0 Å². The number of hydrogen-bond donors (Lipinski definition) is 6. The van der Waals surface area contributed by atoms with Gasteiger partial charge in [0.15, 0.2) is 0 Å². The summed E-state index contributed by atoms with van der Waals surface area (Å²) >= 11 is 0. The average Bonchev–Trinajstić information content (AvgIpc) is 2.80. The average molecular weight is 512 g/mol. The van der Waals surface area contributed by atoms with E-state index in [-0.39, 0.29) is 51.8 Å². The molecule has 2 aromatic carbocycles. The van der Waals surface area contributed by atoms with Gasteiger partial charge in [0, 0.05) is 22.4 Å². The van der Waals surface area contributed by atoms with Gasteiger partial charge in [-0.25, -0.2) is 0 Å². The molecular formula is C27H29NO9. The van der Waals surface area contributed by atoms with E-state index in [4.69, 9.17) is 9.47 Å². The molecule has 0 spiro atoms. The van der Waals surface area contributed by atoms with Crippen LogP contribution in [0.3, 0.4) is 0 Å². The van der Waals surface area contributed by atoms with Crippen LogP contribution < -0.4 is 15.2 Å². The Hall–Kier alpha value is -3.15. The molecule has 2 aliphatic carbocycles. The first-order chi connectivity index (χ1) is 17.3. The molecule has 10 heteroatoms. The smallest absolute Gasteiger partial charge is 0.228 e. The normalized spacial score (nSPS) is 33.6. The molecule has 1 fully saturated rings. The summed E-state index contributed by atoms with van der Waals surface area (Å²) < 4.78 is 11.9. The van der Waals surface area contributed by atoms with Gasteiger partial charge in [0.25, 0.3) is 0 Å². The number of carbonyl (C=O) groups excluding carboxylic acids is 1. The fourth-order valence-electron chi connectivity index (χ4n) is 6.27. The van der Waals surface area contributed by atoms with Crippen molar-refractivity contribution in [3.8, 4) is 17.2 Å². The van der Waals surface area contributed by atoms with Crippen LogP contribution in [0.15, 0.2) is 12.1 Å². The first kappa shape index (κ1) is 24.2. The van der Waals surface area contributed by atoms with Crippen molar-refractivity contribution in [2.24, 2.45) is 0 Å². The number of carbonyl (C=O) groups is 1. The summed E-state index contributed by atoms with van der Waals surface area (Å²) in [5, 5.41) is 66.7. The number of benzene rings is 2. The highest BCUT2D eigenvalue weighted by molar-refractivity contribution is 6.17. The number of rotatable bonds is 1. The molecule has 10 nitrogen and oxygen atoms in total. The minimum absolute atomic E-state index is 0.00544. The Morgan fingerprint density at radius 1 is 1.05 bits per heavy atom. The number of nitrogens with zero attached hydrogens (tertiary/aromatic N) is 1. The molecule has 0 saturated carbocycles. The molecule has 0 radical (unpaired) electrons. The van der Waals surface area contributed by atoms with Crippen LogP contribution in [0.5, 0.6) is 17.2 Å². The molecule has 2 heterocycles. The Morgan fingerprint density at radius 3 is 2.43 bits per heavy atom. The number of hydrogen-bond acceptors (Lipinski definition) is 10. The van der Waals surface area contributed by atoms with Crippen LogP contribution in [0, 0.1) is 0 Å². The first-order valence-corrected chi connectivity index (χ1v) is 12.1. The van der Waals surface area contributed by atoms with Crippen LogP contribution in [0.1, 0.15) is 52.9 Å². The number of likely N-dealkylation sites (N-methyl/N-ethyl adjacent to an activating group) is 1. The van der Waals surface area contributed by atoms with Crippen LogP contribution in [0.25, 0.3) is 11.8 Å². The van der Waals surface area contributed by atoms with Gasteiger partial charge in [0.1, 0.15) is 40.8 Å². The van der Waals surface area contributed by atoms with Crippen molar-refractivity contribution in [3.63, 3.8) is 0 Å². The number of ketones is 1. The van der Waals surface area contributed by atoms with E-state index in [1.807, 2.05) is 0 Å². The number of aliphatic hydroxyl groups excluding tert-OH is 3. The van der Waals surface area contributed by atoms with Crippen molar-refractivity contribution >= 4 is 17.6 Å². The van der Waals surface area contributed by atoms with E-state index in [1.54, 1.807) is 45.0 Å². The lowest BCUT2D eigenvalue weighted by Gasteiger charge is -2.53. The molecule has 6 N–H and O–H groups in total. The minimum Gasteiger partial charge on any atom is -0.507 e. The minimum atomic E-state index is -1.45. The number of aliphatic hydroxyl groups is 4. The number of phenols is 2. The van der Waals surface area contributed by atoms with Gasteiger partial charge in [-0.05, 0) is 52.1 Å². The van der Waals surface area contributed by atoms with E-state index >= 15 is 0 Å². The summed E-state index contributed by atoms with van der Waals surface area (Å²) in [6, 6.07) is 2.05. The third kappa shape index (κ3) is 3.07. The monoisotopic (exact) mass is 511 g/mol. The molecular weight excluding hydrogens is 482 g/mol. The fourth-order valence-corrected chi connectivity index (χ4v) is 6.27. The first-order valence-electron chi connectivity index (χ1n) is 12.1. The lowest BCUT2D eigenvalue weighted by molar-refractivity contribution is -0.311. The highest BCUT2D eigenvalue weighted by Crippen LogP contribution is 2.52. The predicted octanol–water partition coefficient (Wildman–Crippen LogP) is -0.550. The maximum absolute atomic E-state index is 13.7. The lowest BCUT2D eigenvalue weighted by atomic mass is 9.76. The van der Waals surface area contributed by atoms with E-state index in [9.17, 15) is 35.4 Å². The Kier molecular flexibility index (Phi) is 4.88. The molecule has 2 bridgehead atoms. The second-order valence-corrected chi connectivity index (χ2v) is 11.1.